The molecule has 24 nitrogen and oxygen atoms in total. The van der Waals surface area contributed by atoms with Gasteiger partial charge in [-0.25, -0.2) is 0 Å². The molecular formula is C62H111N11O13. The first-order valence-corrected chi connectivity index (χ1v) is 30.9. The van der Waals surface area contributed by atoms with Crippen molar-refractivity contribution < 1.29 is 62.6 Å². The Hall–Kier alpha value is -6.01. The molecule has 0 aromatic rings. The first kappa shape index (κ1) is 78.0. The number of nitrogens with one attached hydrogen (secondary N) is 10. The number of carbonyl (C=O) groups excluding carboxylic acids is 11. The van der Waals surface area contributed by atoms with Crippen LogP contribution in [0.1, 0.15) is 182 Å². The normalized spacial score (nSPS) is 17.9. The van der Waals surface area contributed by atoms with E-state index >= 15 is 0 Å². The highest BCUT2D eigenvalue weighted by atomic mass is 16.5. The van der Waals surface area contributed by atoms with Crippen molar-refractivity contribution >= 4 is 64.9 Å². The fraction of sp³-hybridized carbons (Fsp3) is 0.790. The van der Waals surface area contributed by atoms with E-state index in [1.165, 1.54) is 59.6 Å². The van der Waals surface area contributed by atoms with Gasteiger partial charge in [0.05, 0.1) is 12.2 Å². The van der Waals surface area contributed by atoms with Gasteiger partial charge in [0.1, 0.15) is 52.6 Å². The molecule has 1 heterocycles. The van der Waals surface area contributed by atoms with Crippen molar-refractivity contribution in [2.45, 2.75) is 247 Å². The summed E-state index contributed by atoms with van der Waals surface area (Å²) < 4.78 is 5.63. The van der Waals surface area contributed by atoms with Crippen molar-refractivity contribution in [2.24, 2.45) is 35.5 Å². The Bertz CT molecular complexity index is 2320. The third kappa shape index (κ3) is 26.9. The van der Waals surface area contributed by atoms with Gasteiger partial charge in [-0.15, -0.1) is 0 Å². The maximum absolute atomic E-state index is 14.6. The summed E-state index contributed by atoms with van der Waals surface area (Å²) in [4.78, 5) is 153. The predicted molar refractivity (Wildman–Crippen MR) is 330 cm³/mol. The van der Waals surface area contributed by atoms with Crippen LogP contribution < -0.4 is 53.2 Å². The summed E-state index contributed by atoms with van der Waals surface area (Å²) in [6.45, 7) is 31.3. The number of ether oxygens (including phenoxy) is 1. The van der Waals surface area contributed by atoms with Gasteiger partial charge in [0.2, 0.25) is 59.1 Å². The van der Waals surface area contributed by atoms with Gasteiger partial charge in [0.15, 0.2) is 0 Å². The number of allylic oxidation sites excluding steroid dienone is 1. The second-order valence-electron chi connectivity index (χ2n) is 26.6. The number of carbonyl (C=O) groups is 11. The number of methoxy groups -OCH3 is 1. The molecule has 10 amide bonds. The van der Waals surface area contributed by atoms with Gasteiger partial charge in [-0.2, -0.15) is 0 Å². The smallest absolute Gasteiger partial charge is 0.246 e. The number of hydrogen-bond acceptors (Lipinski definition) is 14. The first-order valence-electron chi connectivity index (χ1n) is 30.9. The van der Waals surface area contributed by atoms with E-state index in [-0.39, 0.29) is 91.9 Å². The average molecular weight is 1220 g/mol. The molecule has 86 heavy (non-hydrogen) atoms. The summed E-state index contributed by atoms with van der Waals surface area (Å²) in [5.74, 6) is -7.78. The van der Waals surface area contributed by atoms with Crippen molar-refractivity contribution in [1.82, 2.24) is 58.1 Å². The standard InChI is InChI=1S/C62H111N11O13/c1-21-38(9)23-24-49(76)73-34-40(11)31-47(73)55(81)67-46(30-39(10)29-43(86-20)32-42(74)22-2)53(79)69-50(51(77)37(7)8)56(82)71-61(15,16)58(84)68-44(27-35(3)4)52(78)66-45(28-36(5)6)54(80)70-62(17,18)59(85)72-60(13,14)57(83)64-26-25-48(75)65-41(12)33-63-19/h23-24,35-41,43-47,50-51,63,77H,21-22,25-34H2,1-20H3,(H,64,83)(H,65,75)(H,66,78)(H,67,81)(H,68,84)(H,69,79)(H,70,80)(H,71,82)(H,72,85). The summed E-state index contributed by atoms with van der Waals surface area (Å²) in [5, 5.41) is 39.1. The number of likely N-dealkylation sites (N-methyl/N-ethyl adjacent to an activating group) is 1. The molecule has 1 rings (SSSR count). The number of aliphatic hydroxyl groups excluding tert-OH is 1. The van der Waals surface area contributed by atoms with Gasteiger partial charge in [-0.3, -0.25) is 52.7 Å². The molecular weight excluding hydrogens is 1110 g/mol. The van der Waals surface area contributed by atoms with Crippen LogP contribution >= 0.6 is 0 Å². The van der Waals surface area contributed by atoms with Gasteiger partial charge in [-0.1, -0.05) is 88.7 Å². The number of Topliss-reactive ketones (excluding diaryl/α,β-unsaturated/α-hetero) is 1. The fourth-order valence-corrected chi connectivity index (χ4v) is 9.69. The number of aliphatic hydroxyl groups is 1. The zero-order valence-corrected chi connectivity index (χ0v) is 55.5. The molecule has 0 aromatic heterocycles. The van der Waals surface area contributed by atoms with E-state index in [9.17, 15) is 57.8 Å². The topological polar surface area (TPSA) is 341 Å². The number of amides is 10. The maximum Gasteiger partial charge on any atom is 0.246 e. The summed E-state index contributed by atoms with van der Waals surface area (Å²) in [6, 6.07) is -6.51. The molecule has 0 radical (unpaired) electrons. The zero-order chi connectivity index (χ0) is 66.2. The van der Waals surface area contributed by atoms with Crippen molar-refractivity contribution in [3.05, 3.63) is 12.2 Å². The molecule has 1 aliphatic heterocycles. The lowest BCUT2D eigenvalue weighted by atomic mass is 9.92. The van der Waals surface area contributed by atoms with Crippen LogP contribution in [-0.2, 0) is 57.5 Å². The van der Waals surface area contributed by atoms with Gasteiger partial charge in [0, 0.05) is 52.0 Å². The quantitative estimate of drug-likeness (QED) is 0.0396. The Labute approximate surface area is 512 Å². The average Bonchev–Trinajstić information content (AvgIpc) is 1.95. The predicted octanol–water partition coefficient (Wildman–Crippen LogP) is 2.59. The van der Waals surface area contributed by atoms with Crippen molar-refractivity contribution in [3.63, 3.8) is 0 Å². The molecule has 0 aliphatic carbocycles. The highest BCUT2D eigenvalue weighted by Gasteiger charge is 2.43. The number of nitrogens with zero attached hydrogens (tertiary/aromatic N) is 1. The molecule has 0 saturated carbocycles. The minimum absolute atomic E-state index is 0.00728. The van der Waals surface area contributed by atoms with E-state index in [4.69, 9.17) is 4.74 Å². The maximum atomic E-state index is 14.6. The number of ketones is 1. The lowest BCUT2D eigenvalue weighted by Gasteiger charge is -2.34. The number of likely N-dealkylation sites (tertiary alicyclic amines) is 1. The molecule has 1 saturated heterocycles. The molecule has 11 atom stereocenters. The van der Waals surface area contributed by atoms with Crippen LogP contribution in [0.5, 0.6) is 0 Å². The van der Waals surface area contributed by atoms with Gasteiger partial charge in [-0.05, 0) is 129 Å². The van der Waals surface area contributed by atoms with Crippen LogP contribution in [-0.4, -0.2) is 174 Å². The van der Waals surface area contributed by atoms with E-state index in [0.717, 1.165) is 6.42 Å². The molecule has 1 fully saturated rings. The molecule has 24 heteroatoms. The summed E-state index contributed by atoms with van der Waals surface area (Å²) in [5.41, 5.74) is -4.90. The van der Waals surface area contributed by atoms with Crippen molar-refractivity contribution in [1.29, 1.82) is 0 Å². The van der Waals surface area contributed by atoms with Gasteiger partial charge < -0.3 is 67.9 Å². The van der Waals surface area contributed by atoms with Crippen molar-refractivity contribution in [3.8, 4) is 0 Å². The summed E-state index contributed by atoms with van der Waals surface area (Å²) in [7, 11) is 3.25. The fourth-order valence-electron chi connectivity index (χ4n) is 9.69. The number of hydrogen-bond donors (Lipinski definition) is 11. The monoisotopic (exact) mass is 1220 g/mol. The van der Waals surface area contributed by atoms with E-state index in [2.05, 4.69) is 53.2 Å². The van der Waals surface area contributed by atoms with Crippen LogP contribution in [0.4, 0.5) is 0 Å². The molecule has 11 unspecified atom stereocenters. The number of rotatable bonds is 38. The largest absolute Gasteiger partial charge is 0.390 e. The van der Waals surface area contributed by atoms with Crippen LogP contribution in [0.2, 0.25) is 0 Å². The molecule has 492 valence electrons. The SMILES string of the molecule is CCC(=O)CC(CC(C)CC(NC(=O)C1CC(C)CN1C(=O)C=CC(C)CC)C(=O)NC(C(=O)NC(C)(C)C(=O)NC(CC(C)C)C(=O)NC(CC(C)C)C(=O)NC(C)(C)C(=O)NC(C)(C)C(=O)NCCC(=O)NC(C)CNC)C(O)C(C)C)OC. The Morgan fingerprint density at radius 1 is 0.651 bits per heavy atom. The summed E-state index contributed by atoms with van der Waals surface area (Å²) in [6.07, 6.45) is 3.38. The molecule has 11 N–H and O–H groups in total. The Balaban J connectivity index is 3.47. The van der Waals surface area contributed by atoms with Gasteiger partial charge in [0.25, 0.3) is 0 Å². The second-order valence-corrected chi connectivity index (χ2v) is 26.6. The molecule has 0 bridgehead atoms. The van der Waals surface area contributed by atoms with E-state index in [1.54, 1.807) is 33.9 Å². The highest BCUT2D eigenvalue weighted by Crippen LogP contribution is 2.26. The van der Waals surface area contributed by atoms with Crippen LogP contribution in [0, 0.1) is 35.5 Å². The lowest BCUT2D eigenvalue weighted by Crippen LogP contribution is -2.66. The third-order valence-electron chi connectivity index (χ3n) is 15.3. The van der Waals surface area contributed by atoms with E-state index in [1.807, 2.05) is 62.3 Å². The molecule has 0 aromatic carbocycles. The van der Waals surface area contributed by atoms with E-state index in [0.29, 0.717) is 32.4 Å². The van der Waals surface area contributed by atoms with Gasteiger partial charge >= 0.3 is 0 Å². The second kappa shape index (κ2) is 36.3. The minimum Gasteiger partial charge on any atom is -0.390 e. The Kier molecular flexibility index (Phi) is 33.0. The van der Waals surface area contributed by atoms with Crippen LogP contribution in [0.25, 0.3) is 0 Å². The molecule has 1 aliphatic rings. The third-order valence-corrected chi connectivity index (χ3v) is 15.3. The summed E-state index contributed by atoms with van der Waals surface area (Å²) >= 11 is 0. The van der Waals surface area contributed by atoms with E-state index < -0.39 is 112 Å². The minimum atomic E-state index is -1.81. The Morgan fingerprint density at radius 3 is 1.72 bits per heavy atom. The first-order chi connectivity index (χ1) is 39.7. The molecule has 0 spiro atoms. The van der Waals surface area contributed by atoms with Crippen LogP contribution in [0.3, 0.4) is 0 Å². The lowest BCUT2D eigenvalue weighted by molar-refractivity contribution is -0.140. The Morgan fingerprint density at radius 2 is 1.19 bits per heavy atom. The van der Waals surface area contributed by atoms with Crippen molar-refractivity contribution in [2.75, 3.05) is 33.8 Å². The van der Waals surface area contributed by atoms with Crippen LogP contribution in [0.15, 0.2) is 12.2 Å². The zero-order valence-electron chi connectivity index (χ0n) is 55.5. The highest BCUT2D eigenvalue weighted by molar-refractivity contribution is 6.00.